The number of carbonyl (C=O) groups is 1. The van der Waals surface area contributed by atoms with Gasteiger partial charge in [-0.25, -0.2) is 0 Å². The summed E-state index contributed by atoms with van der Waals surface area (Å²) in [5, 5.41) is 11.5. The van der Waals surface area contributed by atoms with E-state index in [1.54, 1.807) is 0 Å². The van der Waals surface area contributed by atoms with Crippen molar-refractivity contribution in [2.45, 2.75) is 89.9 Å². The van der Waals surface area contributed by atoms with Crippen LogP contribution in [0.2, 0.25) is 0 Å². The predicted molar refractivity (Wildman–Crippen MR) is 218 cm³/mol. The van der Waals surface area contributed by atoms with E-state index in [2.05, 4.69) is 17.9 Å². The number of hydrogen-bond acceptors (Lipinski definition) is 14. The zero-order chi connectivity index (χ0) is 39.6. The lowest BCUT2D eigenvalue weighted by molar-refractivity contribution is -0.121. The lowest BCUT2D eigenvalue weighted by atomic mass is 10.0. The molecule has 0 saturated carbocycles. The van der Waals surface area contributed by atoms with Crippen molar-refractivity contribution in [2.24, 2.45) is 0 Å². The van der Waals surface area contributed by atoms with Crippen LogP contribution in [0.5, 0.6) is 0 Å². The van der Waals surface area contributed by atoms with E-state index in [1.165, 1.54) is 70.6 Å². The Labute approximate surface area is 339 Å². The molecule has 0 spiro atoms. The molecule has 15 heteroatoms. The fourth-order valence-electron chi connectivity index (χ4n) is 5.06. The van der Waals surface area contributed by atoms with Crippen molar-refractivity contribution in [3.05, 3.63) is 0 Å². The zero-order valence-electron chi connectivity index (χ0n) is 34.4. The molecule has 0 aliphatic heterocycles. The number of thiol groups is 1. The second-order valence-electron chi connectivity index (χ2n) is 12.9. The average Bonchev–Trinajstić information content (AvgIpc) is 3.19. The van der Waals surface area contributed by atoms with Crippen molar-refractivity contribution in [1.82, 2.24) is 5.32 Å². The Morgan fingerprint density at radius 2 is 0.582 bits per heavy atom. The molecule has 55 heavy (non-hydrogen) atoms. The SMILES string of the molecule is O=C(CCCCCCCCCCCCCCCS)NCCOCCOCCOCCOCCOCCOCCOCCOCCOCCOCCOCCO. The van der Waals surface area contributed by atoms with Gasteiger partial charge in [0.1, 0.15) is 0 Å². The van der Waals surface area contributed by atoms with Gasteiger partial charge in [0, 0.05) is 13.0 Å². The summed E-state index contributed by atoms with van der Waals surface area (Å²) in [6, 6.07) is 0. The Balaban J connectivity index is 3.12. The molecule has 1 amide bonds. The maximum absolute atomic E-state index is 12.0. The molecule has 0 unspecified atom stereocenters. The monoisotopic (exact) mass is 816 g/mol. The summed E-state index contributed by atoms with van der Waals surface area (Å²) < 4.78 is 59.8. The molecule has 0 aromatic rings. The number of amides is 1. The summed E-state index contributed by atoms with van der Waals surface area (Å²) in [5.41, 5.74) is 0. The van der Waals surface area contributed by atoms with Gasteiger partial charge in [0.2, 0.25) is 5.91 Å². The predicted octanol–water partition coefficient (Wildman–Crippen LogP) is 4.67. The van der Waals surface area contributed by atoms with E-state index in [0.717, 1.165) is 18.6 Å². The van der Waals surface area contributed by atoms with Gasteiger partial charge in [-0.15, -0.1) is 0 Å². The number of nitrogens with one attached hydrogen (secondary N) is 1. The van der Waals surface area contributed by atoms with Gasteiger partial charge in [0.15, 0.2) is 0 Å². The van der Waals surface area contributed by atoms with Crippen molar-refractivity contribution >= 4 is 18.5 Å². The lowest BCUT2D eigenvalue weighted by Gasteiger charge is -2.09. The van der Waals surface area contributed by atoms with Crippen molar-refractivity contribution in [3.8, 4) is 0 Å². The van der Waals surface area contributed by atoms with E-state index in [-0.39, 0.29) is 12.5 Å². The third-order valence-electron chi connectivity index (χ3n) is 8.09. The van der Waals surface area contributed by atoms with E-state index in [1.807, 2.05) is 0 Å². The Morgan fingerprint density at radius 3 is 0.855 bits per heavy atom. The lowest BCUT2D eigenvalue weighted by Crippen LogP contribution is -2.27. The molecule has 0 atom stereocenters. The van der Waals surface area contributed by atoms with Crippen LogP contribution in [-0.4, -0.2) is 175 Å². The van der Waals surface area contributed by atoms with E-state index in [4.69, 9.17) is 57.2 Å². The summed E-state index contributed by atoms with van der Waals surface area (Å²) in [7, 11) is 0. The molecule has 0 aromatic heterocycles. The highest BCUT2D eigenvalue weighted by atomic mass is 32.1. The van der Waals surface area contributed by atoms with Gasteiger partial charge in [-0.05, 0) is 18.6 Å². The van der Waals surface area contributed by atoms with Gasteiger partial charge in [-0.3, -0.25) is 4.79 Å². The van der Waals surface area contributed by atoms with Crippen LogP contribution in [0.15, 0.2) is 0 Å². The standard InChI is InChI=1S/C40H81NO13S/c42-16-18-45-20-22-47-24-26-49-28-30-51-32-34-53-36-38-54-37-35-52-33-31-50-29-27-48-25-23-46-21-19-44-17-15-41-40(43)14-12-10-8-6-4-2-1-3-5-7-9-11-13-39-55/h42,55H,1-39H2,(H,41,43). The number of carbonyl (C=O) groups excluding carboxylic acids is 1. The first-order chi connectivity index (χ1) is 27.3. The number of hydrogen-bond donors (Lipinski definition) is 3. The van der Waals surface area contributed by atoms with Gasteiger partial charge >= 0.3 is 0 Å². The molecule has 2 N–H and O–H groups in total. The van der Waals surface area contributed by atoms with E-state index in [0.29, 0.717) is 158 Å². The molecular formula is C40H81NO13S. The summed E-state index contributed by atoms with van der Waals surface area (Å²) >= 11 is 4.26. The van der Waals surface area contributed by atoms with Gasteiger partial charge in [0.05, 0.1) is 152 Å². The maximum Gasteiger partial charge on any atom is 0.220 e. The second-order valence-corrected chi connectivity index (χ2v) is 13.3. The molecule has 0 rings (SSSR count). The Kier molecular flexibility index (Phi) is 50.7. The van der Waals surface area contributed by atoms with Crippen LogP contribution in [0, 0.1) is 0 Å². The van der Waals surface area contributed by atoms with Gasteiger partial charge < -0.3 is 62.5 Å². The Hall–Kier alpha value is -0.660. The summed E-state index contributed by atoms with van der Waals surface area (Å²) in [6.45, 7) is 11.3. The first kappa shape index (κ1) is 54.3. The Morgan fingerprint density at radius 1 is 0.345 bits per heavy atom. The van der Waals surface area contributed by atoms with Gasteiger partial charge in [-0.2, -0.15) is 12.6 Å². The van der Waals surface area contributed by atoms with Crippen molar-refractivity contribution in [1.29, 1.82) is 0 Å². The third-order valence-corrected chi connectivity index (χ3v) is 8.40. The molecular weight excluding hydrogens is 735 g/mol. The maximum atomic E-state index is 12.0. The van der Waals surface area contributed by atoms with Gasteiger partial charge in [-0.1, -0.05) is 70.6 Å². The normalized spacial score (nSPS) is 11.5. The molecule has 0 aromatic carbocycles. The first-order valence-corrected chi connectivity index (χ1v) is 21.8. The van der Waals surface area contributed by atoms with E-state index in [9.17, 15) is 4.79 Å². The quantitative estimate of drug-likeness (QED) is 0.0578. The van der Waals surface area contributed by atoms with Crippen molar-refractivity contribution in [2.75, 3.05) is 164 Å². The molecule has 330 valence electrons. The summed E-state index contributed by atoms with van der Waals surface area (Å²) in [6.07, 6.45) is 17.3. The highest BCUT2D eigenvalue weighted by Gasteiger charge is 2.01. The molecule has 0 saturated heterocycles. The number of aliphatic hydroxyl groups excluding tert-OH is 1. The van der Waals surface area contributed by atoms with Crippen molar-refractivity contribution < 1.29 is 62.0 Å². The molecule has 14 nitrogen and oxygen atoms in total. The van der Waals surface area contributed by atoms with E-state index >= 15 is 0 Å². The highest BCUT2D eigenvalue weighted by molar-refractivity contribution is 7.80. The number of rotatable bonds is 50. The molecule has 0 fully saturated rings. The summed E-state index contributed by atoms with van der Waals surface area (Å²) in [5.74, 6) is 1.13. The molecule has 0 radical (unpaired) electrons. The molecule has 0 aliphatic carbocycles. The zero-order valence-corrected chi connectivity index (χ0v) is 35.3. The number of ether oxygens (including phenoxy) is 11. The van der Waals surface area contributed by atoms with E-state index < -0.39 is 0 Å². The molecule has 0 heterocycles. The van der Waals surface area contributed by atoms with Crippen molar-refractivity contribution in [3.63, 3.8) is 0 Å². The number of unbranched alkanes of at least 4 members (excludes halogenated alkanes) is 12. The Bertz CT molecular complexity index is 718. The first-order valence-electron chi connectivity index (χ1n) is 21.1. The third kappa shape index (κ3) is 51.3. The molecule has 0 bridgehead atoms. The smallest absolute Gasteiger partial charge is 0.220 e. The minimum Gasteiger partial charge on any atom is -0.394 e. The van der Waals surface area contributed by atoms with Crippen LogP contribution in [0.4, 0.5) is 0 Å². The van der Waals surface area contributed by atoms with Gasteiger partial charge in [0.25, 0.3) is 0 Å². The van der Waals surface area contributed by atoms with Crippen LogP contribution in [-0.2, 0) is 56.9 Å². The fourth-order valence-corrected chi connectivity index (χ4v) is 5.28. The van der Waals surface area contributed by atoms with Crippen LogP contribution in [0.3, 0.4) is 0 Å². The minimum atomic E-state index is 0.0235. The van der Waals surface area contributed by atoms with Crippen LogP contribution >= 0.6 is 12.6 Å². The summed E-state index contributed by atoms with van der Waals surface area (Å²) in [4.78, 5) is 12.0. The second kappa shape index (κ2) is 51.4. The van der Waals surface area contributed by atoms with Crippen LogP contribution < -0.4 is 5.32 Å². The highest BCUT2D eigenvalue weighted by Crippen LogP contribution is 2.13. The van der Waals surface area contributed by atoms with Crippen LogP contribution in [0.25, 0.3) is 0 Å². The topological polar surface area (TPSA) is 151 Å². The minimum absolute atomic E-state index is 0.0235. The molecule has 0 aliphatic rings. The van der Waals surface area contributed by atoms with Crippen LogP contribution in [0.1, 0.15) is 89.9 Å². The largest absolute Gasteiger partial charge is 0.394 e. The number of aliphatic hydroxyl groups is 1. The fraction of sp³-hybridized carbons (Fsp3) is 0.975. The average molecular weight is 816 g/mol.